The fourth-order valence-electron chi connectivity index (χ4n) is 2.42. The van der Waals surface area contributed by atoms with Crippen LogP contribution in [0.25, 0.3) is 11.0 Å². The Bertz CT molecular complexity index is 568. The fourth-order valence-corrected chi connectivity index (χ4v) is 2.64. The van der Waals surface area contributed by atoms with Crippen LogP contribution < -0.4 is 5.32 Å². The van der Waals surface area contributed by atoms with Crippen molar-refractivity contribution in [2.75, 3.05) is 6.54 Å². The van der Waals surface area contributed by atoms with E-state index in [9.17, 15) is 0 Å². The molecule has 1 atom stereocenters. The van der Waals surface area contributed by atoms with E-state index in [1.54, 1.807) is 0 Å². The monoisotopic (exact) mass is 293 g/mol. The van der Waals surface area contributed by atoms with E-state index in [4.69, 9.17) is 16.0 Å². The topological polar surface area (TPSA) is 25.2 Å². The van der Waals surface area contributed by atoms with Crippen molar-refractivity contribution in [2.24, 2.45) is 5.41 Å². The highest BCUT2D eigenvalue weighted by atomic mass is 35.5. The lowest BCUT2D eigenvalue weighted by atomic mass is 9.87. The third-order valence-corrected chi connectivity index (χ3v) is 3.61. The van der Waals surface area contributed by atoms with Gasteiger partial charge in [0.25, 0.3) is 0 Å². The Hall–Kier alpha value is -0.990. The third kappa shape index (κ3) is 3.77. The summed E-state index contributed by atoms with van der Waals surface area (Å²) in [6.07, 6.45) is 2.14. The lowest BCUT2D eigenvalue weighted by Crippen LogP contribution is -2.26. The van der Waals surface area contributed by atoms with E-state index in [1.165, 1.54) is 0 Å². The van der Waals surface area contributed by atoms with Crippen LogP contribution in [0.3, 0.4) is 0 Å². The second-order valence-electron chi connectivity index (χ2n) is 6.58. The van der Waals surface area contributed by atoms with Crippen LogP contribution in [0, 0.1) is 5.41 Å². The summed E-state index contributed by atoms with van der Waals surface area (Å²) in [6, 6.07) is 8.22. The van der Waals surface area contributed by atoms with Crippen LogP contribution in [0.2, 0.25) is 5.02 Å². The normalized spacial score (nSPS) is 13.8. The number of rotatable bonds is 5. The minimum absolute atomic E-state index is 0.235. The first-order valence-electron chi connectivity index (χ1n) is 7.32. The van der Waals surface area contributed by atoms with E-state index >= 15 is 0 Å². The molecule has 2 rings (SSSR count). The largest absolute Gasteiger partial charge is 0.458 e. The molecule has 1 aromatic heterocycles. The molecule has 1 aromatic carbocycles. The van der Waals surface area contributed by atoms with Gasteiger partial charge in [0, 0.05) is 5.39 Å². The molecular weight excluding hydrogens is 270 g/mol. The van der Waals surface area contributed by atoms with Crippen molar-refractivity contribution in [3.8, 4) is 0 Å². The summed E-state index contributed by atoms with van der Waals surface area (Å²) in [5.41, 5.74) is 1.04. The number of fused-ring (bicyclic) bond motifs is 1. The zero-order chi connectivity index (χ0) is 14.8. The number of benzene rings is 1. The summed E-state index contributed by atoms with van der Waals surface area (Å²) < 4.78 is 6.01. The predicted octanol–water partition coefficient (Wildman–Crippen LogP) is 5.56. The minimum Gasteiger partial charge on any atom is -0.458 e. The van der Waals surface area contributed by atoms with Crippen molar-refractivity contribution in [2.45, 2.75) is 46.6 Å². The number of hydrogen-bond donors (Lipinski definition) is 1. The maximum Gasteiger partial charge on any atom is 0.152 e. The third-order valence-electron chi connectivity index (χ3n) is 3.32. The predicted molar refractivity (Wildman–Crippen MR) is 86.3 cm³/mol. The smallest absolute Gasteiger partial charge is 0.152 e. The van der Waals surface area contributed by atoms with Crippen LogP contribution in [-0.2, 0) is 0 Å². The Balaban J connectivity index is 2.32. The highest BCUT2D eigenvalue weighted by molar-refractivity contribution is 6.34. The Kier molecular flexibility index (Phi) is 4.77. The molecule has 0 spiro atoms. The molecule has 2 nitrogen and oxygen atoms in total. The molecule has 1 unspecified atom stereocenters. The van der Waals surface area contributed by atoms with E-state index < -0.39 is 0 Å². The lowest BCUT2D eigenvalue weighted by molar-refractivity contribution is 0.287. The zero-order valence-corrected chi connectivity index (χ0v) is 13.6. The van der Waals surface area contributed by atoms with Gasteiger partial charge < -0.3 is 9.73 Å². The van der Waals surface area contributed by atoms with Crippen LogP contribution in [0.4, 0.5) is 0 Å². The highest BCUT2D eigenvalue weighted by Crippen LogP contribution is 2.34. The second kappa shape index (κ2) is 6.19. The van der Waals surface area contributed by atoms with Crippen LogP contribution >= 0.6 is 11.6 Å². The maximum atomic E-state index is 6.20. The quantitative estimate of drug-likeness (QED) is 0.780. The second-order valence-corrected chi connectivity index (χ2v) is 6.99. The molecule has 0 saturated heterocycles. The number of hydrogen-bond acceptors (Lipinski definition) is 2. The van der Waals surface area contributed by atoms with Crippen LogP contribution in [0.5, 0.6) is 0 Å². The van der Waals surface area contributed by atoms with Crippen LogP contribution in [-0.4, -0.2) is 6.54 Å². The van der Waals surface area contributed by atoms with Crippen molar-refractivity contribution in [1.82, 2.24) is 5.32 Å². The van der Waals surface area contributed by atoms with Gasteiger partial charge in [0.2, 0.25) is 0 Å². The first kappa shape index (κ1) is 15.4. The first-order valence-corrected chi connectivity index (χ1v) is 7.70. The van der Waals surface area contributed by atoms with Crippen LogP contribution in [0.15, 0.2) is 28.7 Å². The molecule has 1 heterocycles. The molecular formula is C17H24ClNO. The van der Waals surface area contributed by atoms with Gasteiger partial charge in [-0.15, -0.1) is 0 Å². The molecule has 3 heteroatoms. The molecule has 20 heavy (non-hydrogen) atoms. The fraction of sp³-hybridized carbons (Fsp3) is 0.529. The van der Waals surface area contributed by atoms with Gasteiger partial charge in [-0.25, -0.2) is 0 Å². The van der Waals surface area contributed by atoms with Crippen molar-refractivity contribution < 1.29 is 4.42 Å². The Morgan fingerprint density at radius 2 is 2.05 bits per heavy atom. The molecule has 0 aliphatic rings. The molecule has 110 valence electrons. The molecule has 1 N–H and O–H groups in total. The van der Waals surface area contributed by atoms with Crippen molar-refractivity contribution in [3.05, 3.63) is 35.0 Å². The van der Waals surface area contributed by atoms with Crippen molar-refractivity contribution in [1.29, 1.82) is 0 Å². The van der Waals surface area contributed by atoms with Crippen molar-refractivity contribution >= 4 is 22.6 Å². The number of para-hydroxylation sites is 1. The minimum atomic E-state index is 0.235. The van der Waals surface area contributed by atoms with E-state index in [0.29, 0.717) is 5.02 Å². The zero-order valence-electron chi connectivity index (χ0n) is 12.8. The molecule has 2 aromatic rings. The molecule has 0 saturated carbocycles. The van der Waals surface area contributed by atoms with Gasteiger partial charge in [0.15, 0.2) is 5.58 Å². The number of halogens is 1. The van der Waals surface area contributed by atoms with Crippen LogP contribution in [0.1, 0.15) is 52.3 Å². The van der Waals surface area contributed by atoms with Gasteiger partial charge >= 0.3 is 0 Å². The van der Waals surface area contributed by atoms with Gasteiger partial charge in [0.1, 0.15) is 5.76 Å². The molecule has 0 fully saturated rings. The standard InChI is InChI=1S/C17H24ClNO/c1-5-9-19-14(11-17(2,3)4)15-10-12-7-6-8-13(18)16(12)20-15/h6-8,10,14,19H,5,9,11H2,1-4H3. The van der Waals surface area contributed by atoms with E-state index in [0.717, 1.165) is 36.1 Å². The van der Waals surface area contributed by atoms with E-state index in [-0.39, 0.29) is 11.5 Å². The summed E-state index contributed by atoms with van der Waals surface area (Å²) >= 11 is 6.20. The average molecular weight is 294 g/mol. The molecule has 0 radical (unpaired) electrons. The van der Waals surface area contributed by atoms with Gasteiger partial charge in [-0.1, -0.05) is 51.4 Å². The Morgan fingerprint density at radius 1 is 1.30 bits per heavy atom. The summed E-state index contributed by atoms with van der Waals surface area (Å²) in [5.74, 6) is 0.983. The number of nitrogens with one attached hydrogen (secondary N) is 1. The number of furan rings is 1. The maximum absolute atomic E-state index is 6.20. The molecule has 0 amide bonds. The Morgan fingerprint density at radius 3 is 2.65 bits per heavy atom. The molecule has 0 bridgehead atoms. The van der Waals surface area contributed by atoms with Gasteiger partial charge in [-0.3, -0.25) is 0 Å². The van der Waals surface area contributed by atoms with Gasteiger partial charge in [-0.05, 0) is 36.9 Å². The first-order chi connectivity index (χ1) is 9.40. The average Bonchev–Trinajstić information content (AvgIpc) is 2.78. The molecule has 0 aliphatic carbocycles. The van der Waals surface area contributed by atoms with Gasteiger partial charge in [-0.2, -0.15) is 0 Å². The van der Waals surface area contributed by atoms with Crippen molar-refractivity contribution in [3.63, 3.8) is 0 Å². The van der Waals surface area contributed by atoms with E-state index in [2.05, 4.69) is 39.1 Å². The SMILES string of the molecule is CCCNC(CC(C)(C)C)c1cc2cccc(Cl)c2o1. The molecule has 0 aliphatic heterocycles. The summed E-state index contributed by atoms with van der Waals surface area (Å²) in [4.78, 5) is 0. The summed E-state index contributed by atoms with van der Waals surface area (Å²) in [6.45, 7) is 9.93. The lowest BCUT2D eigenvalue weighted by Gasteiger charge is -2.25. The van der Waals surface area contributed by atoms with Gasteiger partial charge in [0.05, 0.1) is 11.1 Å². The summed E-state index contributed by atoms with van der Waals surface area (Å²) in [5, 5.41) is 5.34. The Labute approximate surface area is 126 Å². The summed E-state index contributed by atoms with van der Waals surface area (Å²) in [7, 11) is 0. The highest BCUT2D eigenvalue weighted by Gasteiger charge is 2.23. The van der Waals surface area contributed by atoms with E-state index in [1.807, 2.05) is 18.2 Å².